The van der Waals surface area contributed by atoms with Gasteiger partial charge in [-0.05, 0) is 52.8 Å². The largest absolute Gasteiger partial charge is 0.467 e. The summed E-state index contributed by atoms with van der Waals surface area (Å²) in [5.74, 6) is -3.47. The van der Waals surface area contributed by atoms with Crippen molar-refractivity contribution in [3.8, 4) is 16.9 Å². The number of aldehydes is 1. The zero-order valence-corrected chi connectivity index (χ0v) is 34.5. The molecule has 5 atom stereocenters. The van der Waals surface area contributed by atoms with Crippen molar-refractivity contribution in [2.24, 2.45) is 0 Å². The summed E-state index contributed by atoms with van der Waals surface area (Å²) >= 11 is 0. The Morgan fingerprint density at radius 1 is 0.705 bits per heavy atom. The first-order valence-corrected chi connectivity index (χ1v) is 19.8. The van der Waals surface area contributed by atoms with E-state index in [1.165, 1.54) is 17.2 Å². The highest BCUT2D eigenvalue weighted by atomic mass is 16.7. The van der Waals surface area contributed by atoms with E-state index in [1.54, 1.807) is 12.1 Å². The summed E-state index contributed by atoms with van der Waals surface area (Å²) in [6, 6.07) is 21.1. The number of benzene rings is 3. The van der Waals surface area contributed by atoms with Gasteiger partial charge in [0, 0.05) is 39.8 Å². The number of carbonyl (C=O) groups excluding carboxylic acids is 6. The van der Waals surface area contributed by atoms with Gasteiger partial charge >= 0.3 is 30.0 Å². The molecule has 17 heteroatoms. The van der Waals surface area contributed by atoms with Crippen LogP contribution in [0.2, 0.25) is 0 Å². The summed E-state index contributed by atoms with van der Waals surface area (Å²) in [5.41, 5.74) is 5.49. The minimum Gasteiger partial charge on any atom is -0.467 e. The van der Waals surface area contributed by atoms with Gasteiger partial charge in [-0.1, -0.05) is 54.6 Å². The molecule has 3 aromatic rings. The summed E-state index contributed by atoms with van der Waals surface area (Å²) < 4.78 is 55.1. The van der Waals surface area contributed by atoms with Crippen LogP contribution in [0.3, 0.4) is 0 Å². The highest BCUT2D eigenvalue weighted by Crippen LogP contribution is 2.44. The summed E-state index contributed by atoms with van der Waals surface area (Å²) in [6.45, 7) is 5.83. The van der Waals surface area contributed by atoms with Crippen molar-refractivity contribution in [3.05, 3.63) is 89.0 Å². The van der Waals surface area contributed by atoms with Crippen LogP contribution in [0.25, 0.3) is 11.1 Å². The SMILES string of the molecule is COC(=O)[C@H]1O[C@@H](Oc2cc(CCCOCCOCCOCCNC(=O)OCC3c4ccccc4-c4ccccc43)ccc2C=O)[C@H](OC(C)=O)[C@@H](OC(C)=O)[C@@H]1OC(C)=O. The molecule has 0 saturated carbocycles. The molecule has 1 saturated heterocycles. The molecule has 328 valence electrons. The summed E-state index contributed by atoms with van der Waals surface area (Å²) in [4.78, 5) is 73.3. The molecule has 1 aliphatic heterocycles. The van der Waals surface area contributed by atoms with E-state index in [4.69, 9.17) is 47.4 Å². The number of nitrogens with one attached hydrogen (secondary N) is 1. The summed E-state index contributed by atoms with van der Waals surface area (Å²) in [5, 5.41) is 2.72. The zero-order valence-electron chi connectivity index (χ0n) is 34.5. The molecule has 0 radical (unpaired) electrons. The Morgan fingerprint density at radius 2 is 1.28 bits per heavy atom. The number of rotatable bonds is 22. The van der Waals surface area contributed by atoms with Crippen molar-refractivity contribution in [1.82, 2.24) is 5.32 Å². The Bertz CT molecular complexity index is 1940. The van der Waals surface area contributed by atoms with Gasteiger partial charge < -0.3 is 52.7 Å². The minimum absolute atomic E-state index is 0.0110. The molecular weight excluding hydrogens is 798 g/mol. The van der Waals surface area contributed by atoms with Crippen molar-refractivity contribution >= 4 is 36.3 Å². The maximum Gasteiger partial charge on any atom is 0.407 e. The standard InChI is InChI=1S/C44H51NO16/c1-27(47)57-38-39(58-28(2)48)41(59-29(3)49)43(61-40(38)42(50)52-4)60-37-24-30(15-16-31(37)25-46)10-9-18-53-20-22-55-23-21-54-19-17-45-44(51)56-26-36-34-13-7-5-11-32(34)33-12-6-8-14-35(33)36/h5-8,11-16,24-25,36,38-41,43H,9-10,17-23,26H2,1-4H3,(H,45,51)/t38-,39-,40-,41+,43+/m0/s1. The van der Waals surface area contributed by atoms with Gasteiger partial charge in [-0.2, -0.15) is 0 Å². The highest BCUT2D eigenvalue weighted by Gasteiger charge is 2.56. The van der Waals surface area contributed by atoms with E-state index >= 15 is 0 Å². The fourth-order valence-corrected chi connectivity index (χ4v) is 7.03. The molecule has 1 aliphatic carbocycles. The van der Waals surface area contributed by atoms with Gasteiger partial charge in [0.15, 0.2) is 24.6 Å². The van der Waals surface area contributed by atoms with E-state index in [9.17, 15) is 28.8 Å². The van der Waals surface area contributed by atoms with Crippen LogP contribution in [-0.4, -0.2) is 127 Å². The molecule has 17 nitrogen and oxygen atoms in total. The number of methoxy groups -OCH3 is 1. The number of fused-ring (bicyclic) bond motifs is 3. The molecule has 1 N–H and O–H groups in total. The number of carbonyl (C=O) groups is 6. The van der Waals surface area contributed by atoms with Gasteiger partial charge in [0.1, 0.15) is 12.4 Å². The number of aryl methyl sites for hydroxylation is 1. The molecule has 61 heavy (non-hydrogen) atoms. The average molecular weight is 850 g/mol. The molecular formula is C44H51NO16. The monoisotopic (exact) mass is 849 g/mol. The van der Waals surface area contributed by atoms with Crippen LogP contribution in [0, 0.1) is 0 Å². The van der Waals surface area contributed by atoms with E-state index in [0.29, 0.717) is 65.3 Å². The molecule has 1 fully saturated rings. The van der Waals surface area contributed by atoms with Gasteiger partial charge in [0.05, 0.1) is 45.7 Å². The Labute approximate surface area is 353 Å². The molecule has 0 spiro atoms. The van der Waals surface area contributed by atoms with Crippen LogP contribution >= 0.6 is 0 Å². The number of hydrogen-bond donors (Lipinski definition) is 1. The highest BCUT2D eigenvalue weighted by molar-refractivity contribution is 5.80. The second kappa shape index (κ2) is 23.2. The molecule has 0 aromatic heterocycles. The van der Waals surface area contributed by atoms with Crippen LogP contribution in [-0.2, 0) is 68.2 Å². The van der Waals surface area contributed by atoms with Gasteiger partial charge in [0.2, 0.25) is 12.4 Å². The van der Waals surface area contributed by atoms with Gasteiger partial charge in [-0.25, -0.2) is 9.59 Å². The van der Waals surface area contributed by atoms with Crippen molar-refractivity contribution < 1.29 is 76.1 Å². The topological polar surface area (TPSA) is 207 Å². The Balaban J connectivity index is 0.990. The lowest BCUT2D eigenvalue weighted by Crippen LogP contribution is -2.64. The van der Waals surface area contributed by atoms with Crippen LogP contribution in [0.4, 0.5) is 4.79 Å². The molecule has 1 amide bonds. The fraction of sp³-hybridized carbons (Fsp3) is 0.455. The van der Waals surface area contributed by atoms with Crippen molar-refractivity contribution in [1.29, 1.82) is 0 Å². The normalized spacial score (nSPS) is 19.1. The first kappa shape index (κ1) is 46.2. The van der Waals surface area contributed by atoms with E-state index < -0.39 is 60.7 Å². The Hall–Kier alpha value is -5.88. The lowest BCUT2D eigenvalue weighted by Gasteiger charge is -2.43. The zero-order chi connectivity index (χ0) is 43.7. The number of esters is 4. The van der Waals surface area contributed by atoms with E-state index in [2.05, 4.69) is 29.6 Å². The predicted molar refractivity (Wildman–Crippen MR) is 214 cm³/mol. The molecule has 0 unspecified atom stereocenters. The first-order valence-electron chi connectivity index (χ1n) is 19.8. The third kappa shape index (κ3) is 13.1. The summed E-state index contributed by atoms with van der Waals surface area (Å²) in [6.07, 6.45) is -6.75. The number of amides is 1. The van der Waals surface area contributed by atoms with Crippen LogP contribution in [0.15, 0.2) is 66.7 Å². The van der Waals surface area contributed by atoms with E-state index in [-0.39, 0.29) is 23.8 Å². The Morgan fingerprint density at radius 3 is 1.89 bits per heavy atom. The fourth-order valence-electron chi connectivity index (χ4n) is 7.03. The second-order valence-electron chi connectivity index (χ2n) is 14.0. The predicted octanol–water partition coefficient (Wildman–Crippen LogP) is 4.09. The molecule has 5 rings (SSSR count). The average Bonchev–Trinajstić information content (AvgIpc) is 3.56. The number of ether oxygens (including phenoxy) is 10. The quantitative estimate of drug-likeness (QED) is 0.0654. The second-order valence-corrected chi connectivity index (χ2v) is 14.0. The van der Waals surface area contributed by atoms with Gasteiger partial charge in [-0.15, -0.1) is 0 Å². The number of alkyl carbamates (subject to hydrolysis) is 1. The molecule has 0 bridgehead atoms. The third-order valence-electron chi connectivity index (χ3n) is 9.64. The number of hydrogen-bond acceptors (Lipinski definition) is 16. The first-order chi connectivity index (χ1) is 29.5. The van der Waals surface area contributed by atoms with Gasteiger partial charge in [-0.3, -0.25) is 19.2 Å². The van der Waals surface area contributed by atoms with E-state index in [0.717, 1.165) is 44.6 Å². The van der Waals surface area contributed by atoms with Crippen LogP contribution < -0.4 is 10.1 Å². The Kier molecular flexibility index (Phi) is 17.6. The molecule has 1 heterocycles. The maximum absolute atomic E-state index is 12.8. The van der Waals surface area contributed by atoms with Crippen molar-refractivity contribution in [2.75, 3.05) is 59.9 Å². The molecule has 2 aliphatic rings. The van der Waals surface area contributed by atoms with Crippen molar-refractivity contribution in [3.63, 3.8) is 0 Å². The maximum atomic E-state index is 12.8. The van der Waals surface area contributed by atoms with E-state index in [1.807, 2.05) is 24.3 Å². The molecule has 3 aromatic carbocycles. The van der Waals surface area contributed by atoms with Crippen LogP contribution in [0.1, 0.15) is 60.2 Å². The summed E-state index contributed by atoms with van der Waals surface area (Å²) in [7, 11) is 1.08. The lowest BCUT2D eigenvalue weighted by atomic mass is 9.97. The van der Waals surface area contributed by atoms with Crippen LogP contribution in [0.5, 0.6) is 5.75 Å². The van der Waals surface area contributed by atoms with Gasteiger partial charge in [0.25, 0.3) is 0 Å². The third-order valence-corrected chi connectivity index (χ3v) is 9.64. The minimum atomic E-state index is -1.65. The lowest BCUT2D eigenvalue weighted by molar-refractivity contribution is -0.282. The smallest absolute Gasteiger partial charge is 0.407 e. The van der Waals surface area contributed by atoms with Crippen molar-refractivity contribution in [2.45, 2.75) is 70.2 Å².